The van der Waals surface area contributed by atoms with Gasteiger partial charge in [0.2, 0.25) is 0 Å². The van der Waals surface area contributed by atoms with Crippen LogP contribution >= 0.6 is 0 Å². The second kappa shape index (κ2) is 9.29. The van der Waals surface area contributed by atoms with E-state index in [1.54, 1.807) is 0 Å². The van der Waals surface area contributed by atoms with Crippen LogP contribution in [0.4, 0.5) is 5.82 Å². The first-order valence-electron chi connectivity index (χ1n) is 12.5. The first-order valence-corrected chi connectivity index (χ1v) is 12.5. The molecule has 2 saturated heterocycles. The van der Waals surface area contributed by atoms with Gasteiger partial charge in [0.1, 0.15) is 0 Å². The monoisotopic (exact) mass is 423 g/mol. The standard InChI is InChI=1S/C25H37N5O/c26-19-12-15-29(18-19)24-25(31)30(23-11-7-6-10-22(23)27-24)21-13-16-28(17-14-21)20-8-4-2-1-3-5-9-20/h6-7,10-11,19-21H,1-5,8-9,12-18,26H2/t19-/m0/s1. The van der Waals surface area contributed by atoms with Crippen LogP contribution in [0.5, 0.6) is 0 Å². The average Bonchev–Trinajstić information content (AvgIpc) is 3.19. The summed E-state index contributed by atoms with van der Waals surface area (Å²) in [6.07, 6.45) is 12.7. The Bertz CT molecular complexity index is 941. The van der Waals surface area contributed by atoms with E-state index in [0.29, 0.717) is 5.82 Å². The molecule has 5 rings (SSSR count). The van der Waals surface area contributed by atoms with E-state index >= 15 is 0 Å². The van der Waals surface area contributed by atoms with Crippen molar-refractivity contribution in [3.05, 3.63) is 34.6 Å². The lowest BCUT2D eigenvalue weighted by Gasteiger charge is -2.39. The molecule has 1 aromatic carbocycles. The summed E-state index contributed by atoms with van der Waals surface area (Å²) in [5, 5.41) is 0. The Kier molecular flexibility index (Phi) is 6.28. The Hall–Kier alpha value is -1.92. The van der Waals surface area contributed by atoms with E-state index in [1.807, 2.05) is 18.2 Å². The minimum absolute atomic E-state index is 0.0669. The first-order chi connectivity index (χ1) is 15.2. The molecule has 2 aromatic rings. The molecule has 1 saturated carbocycles. The molecule has 6 nitrogen and oxygen atoms in total. The molecule has 0 unspecified atom stereocenters. The molecular weight excluding hydrogens is 386 g/mol. The SMILES string of the molecule is N[C@H]1CCN(c2nc3ccccc3n(C3CCN(C4CCCCCCC4)CC3)c2=O)C1. The highest BCUT2D eigenvalue weighted by Crippen LogP contribution is 2.30. The second-order valence-electron chi connectivity index (χ2n) is 9.86. The normalized spacial score (nSPS) is 25.1. The summed E-state index contributed by atoms with van der Waals surface area (Å²) < 4.78 is 2.07. The smallest absolute Gasteiger partial charge is 0.294 e. The first kappa shape index (κ1) is 21.0. The van der Waals surface area contributed by atoms with Crippen LogP contribution in [0.25, 0.3) is 11.0 Å². The molecule has 168 valence electrons. The molecule has 31 heavy (non-hydrogen) atoms. The van der Waals surface area contributed by atoms with Gasteiger partial charge in [-0.1, -0.05) is 44.2 Å². The van der Waals surface area contributed by atoms with Crippen LogP contribution in [-0.4, -0.2) is 52.7 Å². The number of hydrogen-bond donors (Lipinski definition) is 1. The zero-order valence-corrected chi connectivity index (χ0v) is 18.7. The quantitative estimate of drug-likeness (QED) is 0.816. The van der Waals surface area contributed by atoms with Crippen LogP contribution in [0.15, 0.2) is 29.1 Å². The van der Waals surface area contributed by atoms with Gasteiger partial charge in [-0.25, -0.2) is 4.98 Å². The fourth-order valence-electron chi connectivity index (χ4n) is 6.00. The fraction of sp³-hybridized carbons (Fsp3) is 0.680. The molecule has 6 heteroatoms. The maximum absolute atomic E-state index is 13.6. The number of anilines is 1. The lowest BCUT2D eigenvalue weighted by atomic mass is 9.93. The Balaban J connectivity index is 1.40. The molecule has 3 aliphatic rings. The number of para-hydroxylation sites is 2. The molecule has 2 N–H and O–H groups in total. The van der Waals surface area contributed by atoms with Gasteiger partial charge >= 0.3 is 0 Å². The van der Waals surface area contributed by atoms with E-state index < -0.39 is 0 Å². The zero-order chi connectivity index (χ0) is 21.2. The molecule has 0 bridgehead atoms. The van der Waals surface area contributed by atoms with E-state index in [0.717, 1.165) is 62.5 Å². The van der Waals surface area contributed by atoms with Crippen LogP contribution in [-0.2, 0) is 0 Å². The van der Waals surface area contributed by atoms with Crippen molar-refractivity contribution < 1.29 is 0 Å². The van der Waals surface area contributed by atoms with E-state index in [2.05, 4.69) is 20.4 Å². The van der Waals surface area contributed by atoms with Gasteiger partial charge in [0, 0.05) is 44.3 Å². The van der Waals surface area contributed by atoms with Crippen LogP contribution in [0.3, 0.4) is 0 Å². The van der Waals surface area contributed by atoms with Crippen molar-refractivity contribution in [3.8, 4) is 0 Å². The van der Waals surface area contributed by atoms with Gasteiger partial charge in [-0.2, -0.15) is 0 Å². The molecule has 2 aliphatic heterocycles. The van der Waals surface area contributed by atoms with Crippen molar-refractivity contribution in [2.75, 3.05) is 31.1 Å². The van der Waals surface area contributed by atoms with Gasteiger partial charge < -0.3 is 20.1 Å². The van der Waals surface area contributed by atoms with E-state index in [9.17, 15) is 4.79 Å². The Morgan fingerprint density at radius 2 is 1.55 bits per heavy atom. The zero-order valence-electron chi connectivity index (χ0n) is 18.7. The molecule has 3 heterocycles. The summed E-state index contributed by atoms with van der Waals surface area (Å²) in [6.45, 7) is 3.74. The number of hydrogen-bond acceptors (Lipinski definition) is 5. The maximum atomic E-state index is 13.6. The van der Waals surface area contributed by atoms with Gasteiger partial charge in [0.05, 0.1) is 11.0 Å². The van der Waals surface area contributed by atoms with Crippen LogP contribution in [0.2, 0.25) is 0 Å². The van der Waals surface area contributed by atoms with Crippen molar-refractivity contribution in [2.24, 2.45) is 5.73 Å². The summed E-state index contributed by atoms with van der Waals surface area (Å²) in [4.78, 5) is 23.2. The molecule has 0 amide bonds. The maximum Gasteiger partial charge on any atom is 0.294 e. The van der Waals surface area contributed by atoms with Crippen LogP contribution in [0, 0.1) is 0 Å². The Morgan fingerprint density at radius 3 is 2.26 bits per heavy atom. The molecule has 1 aromatic heterocycles. The molecule has 1 aliphatic carbocycles. The predicted octanol–water partition coefficient (Wildman–Crippen LogP) is 3.68. The molecule has 3 fully saturated rings. The molecular formula is C25H37N5O. The lowest BCUT2D eigenvalue weighted by Crippen LogP contribution is -2.44. The molecule has 0 spiro atoms. The molecule has 0 radical (unpaired) electrons. The molecule has 1 atom stereocenters. The van der Waals surface area contributed by atoms with E-state index in [-0.39, 0.29) is 17.6 Å². The minimum atomic E-state index is 0.0669. The average molecular weight is 424 g/mol. The third-order valence-corrected chi connectivity index (χ3v) is 7.76. The summed E-state index contributed by atoms with van der Waals surface area (Å²) in [7, 11) is 0. The number of piperidine rings is 1. The van der Waals surface area contributed by atoms with Gasteiger partial charge in [-0.15, -0.1) is 0 Å². The number of rotatable bonds is 3. The van der Waals surface area contributed by atoms with E-state index in [4.69, 9.17) is 10.7 Å². The summed E-state index contributed by atoms with van der Waals surface area (Å²) >= 11 is 0. The highest BCUT2D eigenvalue weighted by molar-refractivity contribution is 5.76. The number of aromatic nitrogens is 2. The van der Waals surface area contributed by atoms with Crippen molar-refractivity contribution in [3.63, 3.8) is 0 Å². The van der Waals surface area contributed by atoms with Crippen molar-refractivity contribution >= 4 is 16.9 Å². The summed E-state index contributed by atoms with van der Waals surface area (Å²) in [5.41, 5.74) is 8.09. The lowest BCUT2D eigenvalue weighted by molar-refractivity contribution is 0.116. The second-order valence-corrected chi connectivity index (χ2v) is 9.86. The number of benzene rings is 1. The number of fused-ring (bicyclic) bond motifs is 1. The summed E-state index contributed by atoms with van der Waals surface area (Å²) in [6, 6.07) is 9.26. The largest absolute Gasteiger partial charge is 0.350 e. The van der Waals surface area contributed by atoms with E-state index in [1.165, 1.54) is 44.9 Å². The van der Waals surface area contributed by atoms with Gasteiger partial charge in [0.25, 0.3) is 5.56 Å². The minimum Gasteiger partial charge on any atom is -0.350 e. The fourth-order valence-corrected chi connectivity index (χ4v) is 6.00. The third-order valence-electron chi connectivity index (χ3n) is 7.76. The topological polar surface area (TPSA) is 67.4 Å². The highest BCUT2D eigenvalue weighted by Gasteiger charge is 2.30. The Labute approximate surface area is 185 Å². The predicted molar refractivity (Wildman–Crippen MR) is 127 cm³/mol. The highest BCUT2D eigenvalue weighted by atomic mass is 16.1. The van der Waals surface area contributed by atoms with Crippen LogP contribution < -0.4 is 16.2 Å². The Morgan fingerprint density at radius 1 is 0.839 bits per heavy atom. The van der Waals surface area contributed by atoms with Gasteiger partial charge in [-0.05, 0) is 44.2 Å². The van der Waals surface area contributed by atoms with Crippen molar-refractivity contribution in [2.45, 2.75) is 82.3 Å². The summed E-state index contributed by atoms with van der Waals surface area (Å²) in [5.74, 6) is 0.592. The van der Waals surface area contributed by atoms with Gasteiger partial charge in [0.15, 0.2) is 5.82 Å². The number of nitrogens with two attached hydrogens (primary N) is 1. The number of likely N-dealkylation sites (tertiary alicyclic amines) is 1. The number of nitrogens with zero attached hydrogens (tertiary/aromatic N) is 4. The van der Waals surface area contributed by atoms with Crippen molar-refractivity contribution in [1.29, 1.82) is 0 Å². The van der Waals surface area contributed by atoms with Gasteiger partial charge in [-0.3, -0.25) is 4.79 Å². The van der Waals surface area contributed by atoms with Crippen molar-refractivity contribution in [1.82, 2.24) is 14.5 Å². The van der Waals surface area contributed by atoms with Crippen LogP contribution in [0.1, 0.15) is 70.3 Å². The third kappa shape index (κ3) is 4.37.